The molecular formula is C13H21NO4. The average Bonchev–Trinajstić information content (AvgIpc) is 2.75. The molecule has 0 aromatic heterocycles. The number of ether oxygens (including phenoxy) is 1. The molecule has 0 radical (unpaired) electrons. The van der Waals surface area contributed by atoms with Crippen LogP contribution in [0.15, 0.2) is 0 Å². The van der Waals surface area contributed by atoms with Gasteiger partial charge >= 0.3 is 5.97 Å². The fourth-order valence-corrected chi connectivity index (χ4v) is 2.90. The molecular weight excluding hydrogens is 234 g/mol. The Labute approximate surface area is 107 Å². The van der Waals surface area contributed by atoms with Crippen LogP contribution in [-0.2, 0) is 14.3 Å². The van der Waals surface area contributed by atoms with Crippen LogP contribution in [0.1, 0.15) is 39.0 Å². The third-order valence-corrected chi connectivity index (χ3v) is 3.92. The Morgan fingerprint density at radius 3 is 2.72 bits per heavy atom. The second-order valence-electron chi connectivity index (χ2n) is 5.20. The zero-order valence-electron chi connectivity index (χ0n) is 10.8. The van der Waals surface area contributed by atoms with Gasteiger partial charge in [0, 0.05) is 19.6 Å². The molecule has 102 valence electrons. The first-order valence-electron chi connectivity index (χ1n) is 6.75. The minimum atomic E-state index is -0.873. The Bertz CT molecular complexity index is 325. The zero-order valence-corrected chi connectivity index (χ0v) is 10.8. The number of hydrogen-bond acceptors (Lipinski definition) is 3. The molecule has 2 aliphatic rings. The lowest BCUT2D eigenvalue weighted by Crippen LogP contribution is -2.43. The first-order chi connectivity index (χ1) is 8.61. The van der Waals surface area contributed by atoms with Crippen molar-refractivity contribution in [2.24, 2.45) is 5.92 Å². The number of carboxylic acid groups (broad SMARTS) is 1. The standard InChI is InChI=1S/C13H21NO4/c1-2-18-10-6-9(7-10)8-12(15)14-5-3-4-11(14)13(16)17/h9-11H,2-8H2,1H3,(H,16,17)/t9?,10?,11-/m0/s1. The molecule has 5 heteroatoms. The van der Waals surface area contributed by atoms with Crippen molar-refractivity contribution in [3.8, 4) is 0 Å². The van der Waals surface area contributed by atoms with Gasteiger partial charge in [0.2, 0.25) is 5.91 Å². The van der Waals surface area contributed by atoms with Gasteiger partial charge in [-0.25, -0.2) is 4.79 Å². The number of likely N-dealkylation sites (tertiary alicyclic amines) is 1. The molecule has 1 saturated heterocycles. The predicted octanol–water partition coefficient (Wildman–Crippen LogP) is 1.27. The number of carbonyl (C=O) groups excluding carboxylic acids is 1. The van der Waals surface area contributed by atoms with Gasteiger partial charge in [0.05, 0.1) is 6.10 Å². The van der Waals surface area contributed by atoms with E-state index in [1.165, 1.54) is 4.90 Å². The second kappa shape index (κ2) is 5.69. The first-order valence-corrected chi connectivity index (χ1v) is 6.75. The van der Waals surface area contributed by atoms with Gasteiger partial charge in [-0.1, -0.05) is 0 Å². The van der Waals surface area contributed by atoms with Gasteiger partial charge in [0.1, 0.15) is 6.04 Å². The lowest BCUT2D eigenvalue weighted by Gasteiger charge is -2.35. The van der Waals surface area contributed by atoms with Crippen molar-refractivity contribution in [2.75, 3.05) is 13.2 Å². The Balaban J connectivity index is 1.77. The highest BCUT2D eigenvalue weighted by Crippen LogP contribution is 2.34. The second-order valence-corrected chi connectivity index (χ2v) is 5.20. The Hall–Kier alpha value is -1.10. The molecule has 1 amide bonds. The monoisotopic (exact) mass is 255 g/mol. The molecule has 0 aromatic rings. The molecule has 1 atom stereocenters. The summed E-state index contributed by atoms with van der Waals surface area (Å²) in [4.78, 5) is 24.6. The Kier molecular flexibility index (Phi) is 4.22. The lowest BCUT2D eigenvalue weighted by atomic mass is 9.79. The number of rotatable bonds is 5. The molecule has 0 aromatic carbocycles. The van der Waals surface area contributed by atoms with Crippen molar-refractivity contribution >= 4 is 11.9 Å². The topological polar surface area (TPSA) is 66.8 Å². The Morgan fingerprint density at radius 1 is 1.39 bits per heavy atom. The molecule has 18 heavy (non-hydrogen) atoms. The largest absolute Gasteiger partial charge is 0.480 e. The van der Waals surface area contributed by atoms with Crippen molar-refractivity contribution in [1.82, 2.24) is 4.90 Å². The number of nitrogens with zero attached hydrogens (tertiary/aromatic N) is 1. The van der Waals surface area contributed by atoms with Crippen LogP contribution in [0.5, 0.6) is 0 Å². The zero-order chi connectivity index (χ0) is 13.1. The molecule has 1 heterocycles. The highest BCUT2D eigenvalue weighted by atomic mass is 16.5. The van der Waals surface area contributed by atoms with Crippen LogP contribution in [-0.4, -0.2) is 47.2 Å². The normalized spacial score (nSPS) is 31.2. The molecule has 1 aliphatic carbocycles. The van der Waals surface area contributed by atoms with E-state index in [1.54, 1.807) is 0 Å². The van der Waals surface area contributed by atoms with Crippen LogP contribution in [0, 0.1) is 5.92 Å². The summed E-state index contributed by atoms with van der Waals surface area (Å²) in [6.45, 7) is 3.29. The van der Waals surface area contributed by atoms with Gasteiger partial charge < -0.3 is 14.7 Å². The molecule has 1 N–H and O–H groups in total. The molecule has 0 bridgehead atoms. The van der Waals surface area contributed by atoms with E-state index in [2.05, 4.69) is 0 Å². The molecule has 2 fully saturated rings. The average molecular weight is 255 g/mol. The van der Waals surface area contributed by atoms with Crippen molar-refractivity contribution in [1.29, 1.82) is 0 Å². The summed E-state index contributed by atoms with van der Waals surface area (Å²) in [6.07, 6.45) is 4.05. The summed E-state index contributed by atoms with van der Waals surface area (Å²) in [5.41, 5.74) is 0. The summed E-state index contributed by atoms with van der Waals surface area (Å²) in [5.74, 6) is -0.495. The Morgan fingerprint density at radius 2 is 2.11 bits per heavy atom. The van der Waals surface area contributed by atoms with Gasteiger partial charge in [-0.2, -0.15) is 0 Å². The van der Waals surface area contributed by atoms with E-state index >= 15 is 0 Å². The highest BCUT2D eigenvalue weighted by Gasteiger charge is 2.37. The van der Waals surface area contributed by atoms with E-state index < -0.39 is 12.0 Å². The minimum absolute atomic E-state index is 0.000140. The van der Waals surface area contributed by atoms with Crippen molar-refractivity contribution in [3.63, 3.8) is 0 Å². The van der Waals surface area contributed by atoms with E-state index in [0.717, 1.165) is 25.9 Å². The summed E-state index contributed by atoms with van der Waals surface area (Å²) in [6, 6.07) is -0.597. The number of amides is 1. The van der Waals surface area contributed by atoms with Gasteiger partial charge in [-0.3, -0.25) is 4.79 Å². The van der Waals surface area contributed by atoms with Crippen LogP contribution in [0.4, 0.5) is 0 Å². The summed E-state index contributed by atoms with van der Waals surface area (Å²) >= 11 is 0. The third kappa shape index (κ3) is 2.83. The van der Waals surface area contributed by atoms with Crippen LogP contribution in [0.25, 0.3) is 0 Å². The van der Waals surface area contributed by atoms with E-state index in [1.807, 2.05) is 6.92 Å². The van der Waals surface area contributed by atoms with Crippen LogP contribution >= 0.6 is 0 Å². The highest BCUT2D eigenvalue weighted by molar-refractivity contribution is 5.84. The fourth-order valence-electron chi connectivity index (χ4n) is 2.90. The SMILES string of the molecule is CCOC1CC(CC(=O)N2CCC[C@H]2C(=O)O)C1. The van der Waals surface area contributed by atoms with Crippen LogP contribution in [0.2, 0.25) is 0 Å². The molecule has 2 rings (SSSR count). The quantitative estimate of drug-likeness (QED) is 0.803. The van der Waals surface area contributed by atoms with Gasteiger partial charge in [-0.15, -0.1) is 0 Å². The van der Waals surface area contributed by atoms with Crippen LogP contribution in [0.3, 0.4) is 0 Å². The van der Waals surface area contributed by atoms with E-state index in [4.69, 9.17) is 9.84 Å². The third-order valence-electron chi connectivity index (χ3n) is 3.92. The molecule has 0 spiro atoms. The molecule has 1 aliphatic heterocycles. The molecule has 0 unspecified atom stereocenters. The first kappa shape index (κ1) is 13.3. The summed E-state index contributed by atoms with van der Waals surface area (Å²) in [5, 5.41) is 9.04. The number of aliphatic carboxylic acids is 1. The van der Waals surface area contributed by atoms with Gasteiger partial charge in [0.25, 0.3) is 0 Å². The van der Waals surface area contributed by atoms with Crippen molar-refractivity contribution in [2.45, 2.75) is 51.2 Å². The minimum Gasteiger partial charge on any atom is -0.480 e. The van der Waals surface area contributed by atoms with Gasteiger partial charge in [-0.05, 0) is 38.5 Å². The molecule has 1 saturated carbocycles. The smallest absolute Gasteiger partial charge is 0.326 e. The summed E-state index contributed by atoms with van der Waals surface area (Å²) in [7, 11) is 0. The number of carbonyl (C=O) groups is 2. The van der Waals surface area contributed by atoms with Gasteiger partial charge in [0.15, 0.2) is 0 Å². The molecule has 5 nitrogen and oxygen atoms in total. The van der Waals surface area contributed by atoms with E-state index in [9.17, 15) is 9.59 Å². The maximum absolute atomic E-state index is 12.0. The van der Waals surface area contributed by atoms with E-state index in [0.29, 0.717) is 31.4 Å². The predicted molar refractivity (Wildman–Crippen MR) is 65.1 cm³/mol. The van der Waals surface area contributed by atoms with Crippen molar-refractivity contribution < 1.29 is 19.4 Å². The summed E-state index contributed by atoms with van der Waals surface area (Å²) < 4.78 is 5.46. The number of carboxylic acids is 1. The van der Waals surface area contributed by atoms with Crippen molar-refractivity contribution in [3.05, 3.63) is 0 Å². The lowest BCUT2D eigenvalue weighted by molar-refractivity contribution is -0.149. The fraction of sp³-hybridized carbons (Fsp3) is 0.846. The number of hydrogen-bond donors (Lipinski definition) is 1. The van der Waals surface area contributed by atoms with E-state index in [-0.39, 0.29) is 5.91 Å². The maximum atomic E-state index is 12.0. The maximum Gasteiger partial charge on any atom is 0.326 e. The van der Waals surface area contributed by atoms with Crippen LogP contribution < -0.4 is 0 Å².